The molecule has 0 bridgehead atoms. The van der Waals surface area contributed by atoms with Crippen LogP contribution in [0.1, 0.15) is 158 Å². The molecule has 5 aliphatic carbocycles. The molecule has 13 heteroatoms. The number of esters is 2. The van der Waals surface area contributed by atoms with Gasteiger partial charge in [-0.05, 0) is 142 Å². The first-order chi connectivity index (χ1) is 29.6. The normalized spacial score (nSPS) is 34.4. The third-order valence-electron chi connectivity index (χ3n) is 17.9. The highest BCUT2D eigenvalue weighted by atomic mass is 16.6. The van der Waals surface area contributed by atoms with Gasteiger partial charge in [-0.2, -0.15) is 0 Å². The lowest BCUT2D eigenvalue weighted by Gasteiger charge is -2.72. The molecule has 0 radical (unpaired) electrons. The van der Waals surface area contributed by atoms with Crippen molar-refractivity contribution in [3.05, 3.63) is 46.5 Å². The molecule has 0 aliphatic heterocycles. The predicted octanol–water partition coefficient (Wildman–Crippen LogP) is 8.91. The molecule has 0 heterocycles. The van der Waals surface area contributed by atoms with Crippen molar-refractivity contribution in [3.8, 4) is 5.75 Å². The summed E-state index contributed by atoms with van der Waals surface area (Å²) in [7, 11) is 0. The van der Waals surface area contributed by atoms with E-state index in [1.807, 2.05) is 0 Å². The molecule has 0 unspecified atom stereocenters. The van der Waals surface area contributed by atoms with E-state index in [0.29, 0.717) is 36.6 Å². The smallest absolute Gasteiger partial charge is 0.334 e. The lowest BCUT2D eigenvalue weighted by atomic mass is 9.32. The molecule has 1 aromatic rings. The van der Waals surface area contributed by atoms with E-state index < -0.39 is 35.2 Å². The third kappa shape index (κ3) is 9.18. The SMILES string of the molecule is C=C(C)[C@@H]1CC[C@]2(C(=O)NCCCCCCCC(=O)N[C@@H](CC(N)=O)C(=O)Oc3ccc([N+](=O)[O-])cc3)CC[C@]3(C)[C@H](CC[C@@H]4[C@@]5(C)CC[C@H](OC(C)=O)C(C)(C)[C@@H]5CC[C@]43C)[C@@H]12. The number of nitro benzene ring substituents is 1. The Kier molecular flexibility index (Phi) is 14.3. The average Bonchev–Trinajstić information content (AvgIpc) is 3.61. The van der Waals surface area contributed by atoms with Gasteiger partial charge in [-0.25, -0.2) is 4.79 Å². The van der Waals surface area contributed by atoms with Crippen molar-refractivity contribution in [2.45, 2.75) is 170 Å². The van der Waals surface area contributed by atoms with Crippen molar-refractivity contribution in [1.82, 2.24) is 10.6 Å². The number of nitro groups is 1. The van der Waals surface area contributed by atoms with Crippen LogP contribution in [-0.4, -0.2) is 53.3 Å². The van der Waals surface area contributed by atoms with Crippen LogP contribution >= 0.6 is 0 Å². The zero-order chi connectivity index (χ0) is 46.1. The number of unbranched alkanes of at least 4 members (excludes halogenated alkanes) is 4. The highest BCUT2D eigenvalue weighted by Crippen LogP contribution is 2.77. The Labute approximate surface area is 374 Å². The number of nitrogens with one attached hydrogen (secondary N) is 2. The maximum Gasteiger partial charge on any atom is 0.334 e. The number of nitrogens with two attached hydrogens (primary N) is 1. The van der Waals surface area contributed by atoms with Crippen LogP contribution < -0.4 is 21.1 Å². The first-order valence-corrected chi connectivity index (χ1v) is 23.8. The summed E-state index contributed by atoms with van der Waals surface area (Å²) in [4.78, 5) is 74.2. The topological polar surface area (TPSA) is 197 Å². The second-order valence-corrected chi connectivity index (χ2v) is 21.5. The fraction of sp³-hybridized carbons (Fsp3) is 0.740. The first kappa shape index (κ1) is 48.2. The van der Waals surface area contributed by atoms with Gasteiger partial charge < -0.3 is 25.8 Å². The van der Waals surface area contributed by atoms with Crippen molar-refractivity contribution < 1.29 is 38.4 Å². The number of non-ortho nitro benzene ring substituents is 1. The lowest BCUT2D eigenvalue weighted by Crippen LogP contribution is -2.67. The van der Waals surface area contributed by atoms with Crippen LogP contribution in [0.4, 0.5) is 5.69 Å². The Bertz CT molecular complexity index is 1930. The van der Waals surface area contributed by atoms with Crippen LogP contribution in [0.15, 0.2) is 36.4 Å². The Morgan fingerprint density at radius 3 is 2.17 bits per heavy atom. The van der Waals surface area contributed by atoms with E-state index in [-0.39, 0.29) is 68.8 Å². The Hall–Kier alpha value is -4.29. The number of fused-ring (bicyclic) bond motifs is 7. The minimum atomic E-state index is -1.29. The fourth-order valence-electron chi connectivity index (χ4n) is 14.7. The van der Waals surface area contributed by atoms with Crippen molar-refractivity contribution in [3.63, 3.8) is 0 Å². The zero-order valence-corrected chi connectivity index (χ0v) is 39.0. The summed E-state index contributed by atoms with van der Waals surface area (Å²) in [6.07, 6.45) is 14.2. The molecule has 348 valence electrons. The summed E-state index contributed by atoms with van der Waals surface area (Å²) >= 11 is 0. The number of hydrogen-bond acceptors (Lipinski definition) is 9. The van der Waals surface area contributed by atoms with Crippen molar-refractivity contribution in [2.75, 3.05) is 6.54 Å². The molecule has 5 fully saturated rings. The number of rotatable bonds is 17. The second-order valence-electron chi connectivity index (χ2n) is 21.5. The molecule has 6 rings (SSSR count). The highest BCUT2D eigenvalue weighted by Gasteiger charge is 2.72. The fourth-order valence-corrected chi connectivity index (χ4v) is 14.7. The van der Waals surface area contributed by atoms with Gasteiger partial charge in [-0.1, -0.05) is 66.0 Å². The van der Waals surface area contributed by atoms with Crippen molar-refractivity contribution in [1.29, 1.82) is 0 Å². The number of allylic oxidation sites excluding steroid dienone is 1. The molecule has 0 aromatic heterocycles. The minimum absolute atomic E-state index is 0.0387. The van der Waals surface area contributed by atoms with Crippen molar-refractivity contribution >= 4 is 35.3 Å². The van der Waals surface area contributed by atoms with Gasteiger partial charge in [0.15, 0.2) is 0 Å². The van der Waals surface area contributed by atoms with Gasteiger partial charge in [0.25, 0.3) is 5.69 Å². The summed E-state index contributed by atoms with van der Waals surface area (Å²) < 4.78 is 11.2. The molecular formula is C50H74N4O9. The number of benzene rings is 1. The van der Waals surface area contributed by atoms with Crippen LogP contribution in [0.5, 0.6) is 5.75 Å². The minimum Gasteiger partial charge on any atom is -0.462 e. The monoisotopic (exact) mass is 875 g/mol. The van der Waals surface area contributed by atoms with Crippen molar-refractivity contribution in [2.24, 2.45) is 62.4 Å². The molecule has 63 heavy (non-hydrogen) atoms. The summed E-state index contributed by atoms with van der Waals surface area (Å²) in [5, 5.41) is 16.9. The van der Waals surface area contributed by atoms with Gasteiger partial charge >= 0.3 is 11.9 Å². The first-order valence-electron chi connectivity index (χ1n) is 23.8. The van der Waals surface area contributed by atoms with Gasteiger partial charge in [-0.3, -0.25) is 29.3 Å². The Balaban J connectivity index is 0.998. The molecule has 0 saturated heterocycles. The predicted molar refractivity (Wildman–Crippen MR) is 240 cm³/mol. The van der Waals surface area contributed by atoms with E-state index in [9.17, 15) is 34.1 Å². The molecule has 13 nitrogen and oxygen atoms in total. The third-order valence-corrected chi connectivity index (χ3v) is 17.9. The van der Waals surface area contributed by atoms with Crippen LogP contribution in [0.25, 0.3) is 0 Å². The summed E-state index contributed by atoms with van der Waals surface area (Å²) in [5.74, 6) is 0.157. The molecule has 4 N–H and O–H groups in total. The van der Waals surface area contributed by atoms with Gasteiger partial charge in [0.1, 0.15) is 17.9 Å². The lowest BCUT2D eigenvalue weighted by molar-refractivity contribution is -0.384. The Morgan fingerprint density at radius 1 is 0.841 bits per heavy atom. The summed E-state index contributed by atoms with van der Waals surface area (Å²) in [6.45, 7) is 21.3. The summed E-state index contributed by atoms with van der Waals surface area (Å²) in [5.41, 5.74) is 6.36. The standard InChI is InChI=1S/C50H74N4O9/c1-31(2)35-21-26-50(28-27-48(7)36(43(35)50)19-20-39-47(6)24-23-40(62-32(3)55)46(4,5)38(47)22-25-49(39,48)8)45(59)52-29-13-11-9-10-12-14-42(57)53-37(30-41(51)56)44(58)63-34-17-15-33(16-18-34)54(60)61/h15-18,35-40,43H,1,9-14,19-30H2,2-8H3,(H2,51,56)(H,52,59)(H,53,57)/t35-,36+,37-,38-,39+,40-,43+,47-,48+,49+,50-/m0/s1. The molecule has 3 amide bonds. The van der Waals surface area contributed by atoms with E-state index in [2.05, 4.69) is 58.8 Å². The van der Waals surface area contributed by atoms with Crippen LogP contribution in [0.2, 0.25) is 0 Å². The second kappa shape index (κ2) is 18.7. The number of nitrogens with zero attached hydrogens (tertiary/aromatic N) is 1. The Morgan fingerprint density at radius 2 is 1.52 bits per heavy atom. The van der Waals surface area contributed by atoms with E-state index in [4.69, 9.17) is 15.2 Å². The highest BCUT2D eigenvalue weighted by molar-refractivity contribution is 5.90. The van der Waals surface area contributed by atoms with Crippen LogP contribution in [-0.2, 0) is 28.7 Å². The van der Waals surface area contributed by atoms with E-state index in [0.717, 1.165) is 77.0 Å². The van der Waals surface area contributed by atoms with Gasteiger partial charge in [0.2, 0.25) is 17.7 Å². The van der Waals surface area contributed by atoms with Gasteiger partial charge in [0.05, 0.1) is 16.8 Å². The largest absolute Gasteiger partial charge is 0.462 e. The maximum absolute atomic E-state index is 14.6. The maximum atomic E-state index is 14.6. The number of primary amides is 1. The van der Waals surface area contributed by atoms with E-state index in [1.165, 1.54) is 42.7 Å². The summed E-state index contributed by atoms with van der Waals surface area (Å²) in [6, 6.07) is 3.61. The quantitative estimate of drug-likeness (QED) is 0.0342. The molecule has 5 saturated carbocycles. The molecule has 1 aromatic carbocycles. The molecular weight excluding hydrogens is 801 g/mol. The number of hydrogen-bond donors (Lipinski definition) is 3. The molecule has 5 aliphatic rings. The van der Waals surface area contributed by atoms with E-state index in [1.54, 1.807) is 6.92 Å². The average molecular weight is 875 g/mol. The molecule has 0 spiro atoms. The number of amides is 3. The number of ether oxygens (including phenoxy) is 2. The van der Waals surface area contributed by atoms with Crippen LogP contribution in [0, 0.1) is 66.8 Å². The number of carbonyl (C=O) groups excluding carboxylic acids is 5. The van der Waals surface area contributed by atoms with Crippen LogP contribution in [0.3, 0.4) is 0 Å². The van der Waals surface area contributed by atoms with Gasteiger partial charge in [0, 0.05) is 37.4 Å². The van der Waals surface area contributed by atoms with E-state index >= 15 is 0 Å². The molecule has 11 atom stereocenters. The number of carbonyl (C=O) groups is 5. The van der Waals surface area contributed by atoms with Gasteiger partial charge in [-0.15, -0.1) is 0 Å². The zero-order valence-electron chi connectivity index (χ0n) is 39.0.